The third-order valence-corrected chi connectivity index (χ3v) is 1.78. The highest BCUT2D eigenvalue weighted by molar-refractivity contribution is 5.67. The fourth-order valence-corrected chi connectivity index (χ4v) is 1.23. The van der Waals surface area contributed by atoms with Crippen LogP contribution in [-0.4, -0.2) is 24.3 Å². The molecule has 0 atom stereocenters. The second-order valence-corrected chi connectivity index (χ2v) is 2.99. The van der Waals surface area contributed by atoms with Gasteiger partial charge in [-0.15, -0.1) is 0 Å². The molecule has 0 saturated heterocycles. The molecule has 0 saturated carbocycles. The maximum Gasteiger partial charge on any atom is 0.181 e. The average molecular weight is 167 g/mol. The summed E-state index contributed by atoms with van der Waals surface area (Å²) < 4.78 is 0. The first-order valence-corrected chi connectivity index (χ1v) is 3.73. The zero-order valence-electron chi connectivity index (χ0n) is 7.50. The highest BCUT2D eigenvalue weighted by atomic mass is 16.3. The minimum absolute atomic E-state index is 0.0556. The van der Waals surface area contributed by atoms with Crippen molar-refractivity contribution in [3.05, 3.63) is 17.7 Å². The molecule has 1 rings (SSSR count). The van der Waals surface area contributed by atoms with E-state index >= 15 is 0 Å². The molecule has 66 valence electrons. The Balaban J connectivity index is 3.33. The molecule has 2 N–H and O–H groups in total. The van der Waals surface area contributed by atoms with Crippen molar-refractivity contribution in [3.63, 3.8) is 0 Å². The lowest BCUT2D eigenvalue weighted by atomic mass is 10.1. The Labute approximate surface area is 71.9 Å². The first kappa shape index (κ1) is 8.71. The highest BCUT2D eigenvalue weighted by Crippen LogP contribution is 2.36. The maximum atomic E-state index is 9.46. The second-order valence-electron chi connectivity index (χ2n) is 2.99. The molecular weight excluding hydrogens is 154 g/mol. The van der Waals surface area contributed by atoms with E-state index in [9.17, 15) is 10.2 Å². The number of aryl methyl sites for hydroxylation is 1. The number of hydrogen-bond donors (Lipinski definition) is 2. The summed E-state index contributed by atoms with van der Waals surface area (Å²) in [6, 6.07) is 3.25. The van der Waals surface area contributed by atoms with Gasteiger partial charge in [0, 0.05) is 14.1 Å². The van der Waals surface area contributed by atoms with Crippen LogP contribution in [0.1, 0.15) is 5.56 Å². The summed E-state index contributed by atoms with van der Waals surface area (Å²) in [5.41, 5.74) is 1.60. The van der Waals surface area contributed by atoms with E-state index in [0.29, 0.717) is 5.69 Å². The molecule has 0 fully saturated rings. The van der Waals surface area contributed by atoms with Gasteiger partial charge in [-0.05, 0) is 18.6 Å². The summed E-state index contributed by atoms with van der Waals surface area (Å²) in [5, 5.41) is 18.7. The predicted octanol–water partition coefficient (Wildman–Crippen LogP) is 1.47. The molecule has 0 radical (unpaired) electrons. The predicted molar refractivity (Wildman–Crippen MR) is 48.8 cm³/mol. The number of hydrogen-bond acceptors (Lipinski definition) is 3. The first-order chi connectivity index (χ1) is 5.54. The van der Waals surface area contributed by atoms with E-state index in [1.807, 2.05) is 21.0 Å². The topological polar surface area (TPSA) is 43.7 Å². The Morgan fingerprint density at radius 1 is 1.17 bits per heavy atom. The van der Waals surface area contributed by atoms with Gasteiger partial charge in [0.05, 0.1) is 5.69 Å². The number of nitrogens with zero attached hydrogens (tertiary/aromatic N) is 1. The van der Waals surface area contributed by atoms with Crippen molar-refractivity contribution in [2.24, 2.45) is 0 Å². The van der Waals surface area contributed by atoms with Crippen molar-refractivity contribution in [1.82, 2.24) is 0 Å². The number of rotatable bonds is 1. The van der Waals surface area contributed by atoms with Crippen molar-refractivity contribution < 1.29 is 10.2 Å². The van der Waals surface area contributed by atoms with Crippen LogP contribution in [0, 0.1) is 6.92 Å². The minimum atomic E-state index is -0.0794. The fraction of sp³-hybridized carbons (Fsp3) is 0.333. The van der Waals surface area contributed by atoms with Crippen LogP contribution in [0.4, 0.5) is 5.69 Å². The summed E-state index contributed by atoms with van der Waals surface area (Å²) in [4.78, 5) is 1.77. The molecule has 0 amide bonds. The highest BCUT2D eigenvalue weighted by Gasteiger charge is 2.10. The summed E-state index contributed by atoms with van der Waals surface area (Å²) in [6.07, 6.45) is 0. The van der Waals surface area contributed by atoms with Gasteiger partial charge in [0.1, 0.15) is 0 Å². The van der Waals surface area contributed by atoms with E-state index < -0.39 is 0 Å². The molecule has 0 heterocycles. The SMILES string of the molecule is Cc1ccc(O)c(O)c1N(C)C. The third-order valence-electron chi connectivity index (χ3n) is 1.78. The van der Waals surface area contributed by atoms with Crippen LogP contribution < -0.4 is 4.90 Å². The third kappa shape index (κ3) is 1.30. The quantitative estimate of drug-likeness (QED) is 0.622. The number of aromatic hydroxyl groups is 2. The van der Waals surface area contributed by atoms with Gasteiger partial charge in [-0.3, -0.25) is 0 Å². The smallest absolute Gasteiger partial charge is 0.181 e. The maximum absolute atomic E-state index is 9.46. The van der Waals surface area contributed by atoms with Crippen molar-refractivity contribution in [2.45, 2.75) is 6.92 Å². The van der Waals surface area contributed by atoms with Gasteiger partial charge in [0.25, 0.3) is 0 Å². The zero-order chi connectivity index (χ0) is 9.30. The Kier molecular flexibility index (Phi) is 2.13. The number of phenols is 2. The summed E-state index contributed by atoms with van der Waals surface area (Å²) in [7, 11) is 3.64. The van der Waals surface area contributed by atoms with Crippen LogP contribution in [-0.2, 0) is 0 Å². The number of anilines is 1. The normalized spacial score (nSPS) is 9.92. The van der Waals surface area contributed by atoms with Crippen LogP contribution in [0.3, 0.4) is 0 Å². The molecule has 1 aromatic rings. The van der Waals surface area contributed by atoms with E-state index in [-0.39, 0.29) is 11.5 Å². The second kappa shape index (κ2) is 2.93. The molecule has 0 spiro atoms. The monoisotopic (exact) mass is 167 g/mol. The molecular formula is C9H13NO2. The lowest BCUT2D eigenvalue weighted by Gasteiger charge is -2.17. The summed E-state index contributed by atoms with van der Waals surface area (Å²) >= 11 is 0. The largest absolute Gasteiger partial charge is 0.504 e. The Morgan fingerprint density at radius 2 is 1.75 bits per heavy atom. The Bertz CT molecular complexity index is 295. The van der Waals surface area contributed by atoms with Crippen LogP contribution in [0.15, 0.2) is 12.1 Å². The van der Waals surface area contributed by atoms with Gasteiger partial charge in [0.2, 0.25) is 0 Å². The standard InChI is InChI=1S/C9H13NO2/c1-6-4-5-7(11)9(12)8(6)10(2)3/h4-5,11-12H,1-3H3. The summed E-state index contributed by atoms with van der Waals surface area (Å²) in [5.74, 6) is -0.135. The fourth-order valence-electron chi connectivity index (χ4n) is 1.23. The van der Waals surface area contributed by atoms with Crippen molar-refractivity contribution >= 4 is 5.69 Å². The molecule has 0 bridgehead atoms. The molecule has 3 heteroatoms. The van der Waals surface area contributed by atoms with Crippen LogP contribution in [0.5, 0.6) is 11.5 Å². The molecule has 3 nitrogen and oxygen atoms in total. The zero-order valence-corrected chi connectivity index (χ0v) is 7.50. The minimum Gasteiger partial charge on any atom is -0.504 e. The number of phenolic OH excluding ortho intramolecular Hbond substituents is 2. The van der Waals surface area contributed by atoms with Gasteiger partial charge in [0.15, 0.2) is 11.5 Å². The van der Waals surface area contributed by atoms with Gasteiger partial charge in [-0.25, -0.2) is 0 Å². The Hall–Kier alpha value is -1.38. The molecule has 0 unspecified atom stereocenters. The molecule has 0 aliphatic heterocycles. The number of benzene rings is 1. The van der Waals surface area contributed by atoms with Gasteiger partial charge in [-0.2, -0.15) is 0 Å². The van der Waals surface area contributed by atoms with Crippen LogP contribution >= 0.6 is 0 Å². The Morgan fingerprint density at radius 3 is 2.17 bits per heavy atom. The first-order valence-electron chi connectivity index (χ1n) is 3.73. The molecule has 0 aliphatic carbocycles. The van der Waals surface area contributed by atoms with E-state index in [1.165, 1.54) is 6.07 Å². The van der Waals surface area contributed by atoms with E-state index in [2.05, 4.69) is 0 Å². The van der Waals surface area contributed by atoms with Crippen LogP contribution in [0.2, 0.25) is 0 Å². The molecule has 1 aromatic carbocycles. The van der Waals surface area contributed by atoms with Gasteiger partial charge in [-0.1, -0.05) is 6.07 Å². The lowest BCUT2D eigenvalue weighted by molar-refractivity contribution is 0.404. The van der Waals surface area contributed by atoms with E-state index in [0.717, 1.165) is 5.56 Å². The van der Waals surface area contributed by atoms with E-state index in [1.54, 1.807) is 11.0 Å². The van der Waals surface area contributed by atoms with E-state index in [4.69, 9.17) is 0 Å². The van der Waals surface area contributed by atoms with Crippen molar-refractivity contribution in [2.75, 3.05) is 19.0 Å². The summed E-state index contributed by atoms with van der Waals surface area (Å²) in [6.45, 7) is 1.88. The molecule has 0 aliphatic rings. The van der Waals surface area contributed by atoms with Gasteiger partial charge >= 0.3 is 0 Å². The lowest BCUT2D eigenvalue weighted by Crippen LogP contribution is -2.10. The van der Waals surface area contributed by atoms with Gasteiger partial charge < -0.3 is 15.1 Å². The van der Waals surface area contributed by atoms with Crippen molar-refractivity contribution in [1.29, 1.82) is 0 Å². The van der Waals surface area contributed by atoms with Crippen molar-refractivity contribution in [3.8, 4) is 11.5 Å². The average Bonchev–Trinajstić information content (AvgIpc) is 1.97. The molecule has 12 heavy (non-hydrogen) atoms. The van der Waals surface area contributed by atoms with Crippen LogP contribution in [0.25, 0.3) is 0 Å². The molecule has 0 aromatic heterocycles.